The van der Waals surface area contributed by atoms with Crippen LogP contribution in [0.3, 0.4) is 0 Å². The standard InChI is InChI=1S/C19H34N6O/c1-14-6-5-11-24(12-14)19(3,4)13-21-18(26)17-15(2)25(23-22-17)16-7-9-20-10-8-16/h14,16,20H,5-13H2,1-4H3,(H,21,26). The third kappa shape index (κ3) is 4.26. The van der Waals surface area contributed by atoms with Gasteiger partial charge in [-0.15, -0.1) is 5.10 Å². The van der Waals surface area contributed by atoms with Crippen LogP contribution < -0.4 is 10.6 Å². The van der Waals surface area contributed by atoms with Crippen LogP contribution in [-0.4, -0.2) is 64.1 Å². The maximum Gasteiger partial charge on any atom is 0.273 e. The van der Waals surface area contributed by atoms with Crippen LogP contribution in [0.5, 0.6) is 0 Å². The Hall–Kier alpha value is -1.47. The summed E-state index contributed by atoms with van der Waals surface area (Å²) in [6, 6.07) is 0.344. The Morgan fingerprint density at radius 2 is 2.04 bits per heavy atom. The Bertz CT molecular complexity index is 620. The van der Waals surface area contributed by atoms with E-state index in [9.17, 15) is 4.79 Å². The number of carbonyl (C=O) groups is 1. The van der Waals surface area contributed by atoms with Crippen molar-refractivity contribution in [1.29, 1.82) is 0 Å². The number of nitrogens with one attached hydrogen (secondary N) is 2. The number of piperidine rings is 2. The summed E-state index contributed by atoms with van der Waals surface area (Å²) in [5.41, 5.74) is 1.29. The molecule has 0 bridgehead atoms. The second-order valence-electron chi connectivity index (χ2n) is 8.64. The SMILES string of the molecule is Cc1c(C(=O)NCC(C)(C)N2CCCC(C)C2)nnn1C1CCNCC1. The molecule has 2 saturated heterocycles. The van der Waals surface area contributed by atoms with Crippen molar-refractivity contribution < 1.29 is 4.79 Å². The van der Waals surface area contributed by atoms with Crippen LogP contribution in [0.1, 0.15) is 68.7 Å². The summed E-state index contributed by atoms with van der Waals surface area (Å²) in [7, 11) is 0. The lowest BCUT2D eigenvalue weighted by atomic mass is 9.93. The summed E-state index contributed by atoms with van der Waals surface area (Å²) in [6.07, 6.45) is 4.61. The van der Waals surface area contributed by atoms with E-state index < -0.39 is 0 Å². The molecular weight excluding hydrogens is 328 g/mol. The smallest absolute Gasteiger partial charge is 0.273 e. The highest BCUT2D eigenvalue weighted by atomic mass is 16.2. The van der Waals surface area contributed by atoms with Gasteiger partial charge in [-0.1, -0.05) is 12.1 Å². The van der Waals surface area contributed by atoms with Gasteiger partial charge in [0.1, 0.15) is 0 Å². The number of rotatable bonds is 5. The average molecular weight is 363 g/mol. The van der Waals surface area contributed by atoms with Crippen molar-refractivity contribution >= 4 is 5.91 Å². The molecule has 3 rings (SSSR count). The summed E-state index contributed by atoms with van der Waals surface area (Å²) < 4.78 is 1.94. The number of likely N-dealkylation sites (tertiary alicyclic amines) is 1. The van der Waals surface area contributed by atoms with Gasteiger partial charge in [-0.3, -0.25) is 9.69 Å². The van der Waals surface area contributed by atoms with Gasteiger partial charge in [0, 0.05) is 18.6 Å². The monoisotopic (exact) mass is 362 g/mol. The zero-order valence-corrected chi connectivity index (χ0v) is 16.7. The summed E-state index contributed by atoms with van der Waals surface area (Å²) in [5, 5.41) is 14.9. The van der Waals surface area contributed by atoms with Crippen molar-refractivity contribution in [3.63, 3.8) is 0 Å². The molecule has 26 heavy (non-hydrogen) atoms. The van der Waals surface area contributed by atoms with Gasteiger partial charge in [-0.25, -0.2) is 4.68 Å². The van der Waals surface area contributed by atoms with Crippen molar-refractivity contribution in [3.05, 3.63) is 11.4 Å². The van der Waals surface area contributed by atoms with Crippen molar-refractivity contribution in [1.82, 2.24) is 30.5 Å². The lowest BCUT2D eigenvalue weighted by Crippen LogP contribution is -2.54. The highest BCUT2D eigenvalue weighted by Crippen LogP contribution is 2.24. The molecule has 2 N–H and O–H groups in total. The van der Waals surface area contributed by atoms with Gasteiger partial charge < -0.3 is 10.6 Å². The van der Waals surface area contributed by atoms with Gasteiger partial charge in [0.15, 0.2) is 5.69 Å². The summed E-state index contributed by atoms with van der Waals surface area (Å²) in [5.74, 6) is 0.617. The third-order valence-corrected chi connectivity index (χ3v) is 5.99. The van der Waals surface area contributed by atoms with E-state index in [0.29, 0.717) is 18.3 Å². The van der Waals surface area contributed by atoms with E-state index in [4.69, 9.17) is 0 Å². The van der Waals surface area contributed by atoms with E-state index in [1.54, 1.807) is 0 Å². The molecule has 0 aromatic carbocycles. The molecule has 7 heteroatoms. The predicted octanol–water partition coefficient (Wildman–Crippen LogP) is 1.75. The van der Waals surface area contributed by atoms with Crippen LogP contribution in [0.2, 0.25) is 0 Å². The fraction of sp³-hybridized carbons (Fsp3) is 0.842. The minimum absolute atomic E-state index is 0.0523. The first-order valence-corrected chi connectivity index (χ1v) is 10.0. The first kappa shape index (κ1) is 19.3. The van der Waals surface area contributed by atoms with Crippen molar-refractivity contribution in [2.45, 2.75) is 65.0 Å². The normalized spacial score (nSPS) is 23.2. The van der Waals surface area contributed by atoms with Gasteiger partial charge in [0.25, 0.3) is 5.91 Å². The molecule has 0 radical (unpaired) electrons. The maximum absolute atomic E-state index is 12.7. The highest BCUT2D eigenvalue weighted by molar-refractivity contribution is 5.93. The van der Waals surface area contributed by atoms with Gasteiger partial charge in [0.2, 0.25) is 0 Å². The molecule has 1 unspecified atom stereocenters. The van der Waals surface area contributed by atoms with E-state index in [1.807, 2.05) is 11.6 Å². The molecule has 2 aliphatic heterocycles. The lowest BCUT2D eigenvalue weighted by Gasteiger charge is -2.43. The van der Waals surface area contributed by atoms with Gasteiger partial charge in [-0.2, -0.15) is 0 Å². The molecule has 2 aliphatic rings. The molecule has 0 saturated carbocycles. The minimum Gasteiger partial charge on any atom is -0.349 e. The number of hydrogen-bond donors (Lipinski definition) is 2. The van der Waals surface area contributed by atoms with E-state index >= 15 is 0 Å². The highest BCUT2D eigenvalue weighted by Gasteiger charge is 2.31. The van der Waals surface area contributed by atoms with Crippen molar-refractivity contribution in [2.24, 2.45) is 5.92 Å². The Balaban J connectivity index is 1.60. The third-order valence-electron chi connectivity index (χ3n) is 5.99. The fourth-order valence-electron chi connectivity index (χ4n) is 4.18. The van der Waals surface area contributed by atoms with E-state index in [-0.39, 0.29) is 11.4 Å². The molecule has 1 aromatic heterocycles. The van der Waals surface area contributed by atoms with Crippen LogP contribution in [0.4, 0.5) is 0 Å². The minimum atomic E-state index is -0.110. The Morgan fingerprint density at radius 1 is 1.31 bits per heavy atom. The molecule has 3 heterocycles. The van der Waals surface area contributed by atoms with E-state index in [0.717, 1.165) is 50.6 Å². The topological polar surface area (TPSA) is 75.1 Å². The number of aromatic nitrogens is 3. The molecule has 7 nitrogen and oxygen atoms in total. The van der Waals surface area contributed by atoms with Crippen LogP contribution in [0, 0.1) is 12.8 Å². The average Bonchev–Trinajstić information content (AvgIpc) is 3.02. The Labute approximate surface area is 156 Å². The quantitative estimate of drug-likeness (QED) is 0.835. The van der Waals surface area contributed by atoms with Gasteiger partial charge >= 0.3 is 0 Å². The summed E-state index contributed by atoms with van der Waals surface area (Å²) in [6.45, 7) is 13.5. The molecule has 2 fully saturated rings. The zero-order chi connectivity index (χ0) is 18.7. The van der Waals surface area contributed by atoms with Crippen LogP contribution in [-0.2, 0) is 0 Å². The second kappa shape index (κ2) is 8.05. The van der Waals surface area contributed by atoms with Crippen LogP contribution in [0.15, 0.2) is 0 Å². The Morgan fingerprint density at radius 3 is 2.73 bits per heavy atom. The predicted molar refractivity (Wildman–Crippen MR) is 102 cm³/mol. The van der Waals surface area contributed by atoms with Crippen molar-refractivity contribution in [2.75, 3.05) is 32.7 Å². The lowest BCUT2D eigenvalue weighted by molar-refractivity contribution is 0.0655. The maximum atomic E-state index is 12.7. The number of nitrogens with zero attached hydrogens (tertiary/aromatic N) is 4. The molecule has 146 valence electrons. The number of hydrogen-bond acceptors (Lipinski definition) is 5. The molecule has 1 aromatic rings. The first-order chi connectivity index (χ1) is 12.4. The van der Waals surface area contributed by atoms with E-state index in [1.165, 1.54) is 12.8 Å². The first-order valence-electron chi connectivity index (χ1n) is 10.0. The second-order valence-corrected chi connectivity index (χ2v) is 8.64. The Kier molecular flexibility index (Phi) is 5.97. The van der Waals surface area contributed by atoms with Gasteiger partial charge in [0.05, 0.1) is 11.7 Å². The molecule has 0 spiro atoms. The van der Waals surface area contributed by atoms with Crippen LogP contribution in [0.25, 0.3) is 0 Å². The molecule has 1 atom stereocenters. The number of carbonyl (C=O) groups excluding carboxylic acids is 1. The fourth-order valence-corrected chi connectivity index (χ4v) is 4.18. The van der Waals surface area contributed by atoms with Crippen molar-refractivity contribution in [3.8, 4) is 0 Å². The van der Waals surface area contributed by atoms with Gasteiger partial charge in [-0.05, 0) is 72.0 Å². The zero-order valence-electron chi connectivity index (χ0n) is 16.7. The largest absolute Gasteiger partial charge is 0.349 e. The van der Waals surface area contributed by atoms with Crippen LogP contribution >= 0.6 is 0 Å². The molecule has 0 aliphatic carbocycles. The summed E-state index contributed by atoms with van der Waals surface area (Å²) in [4.78, 5) is 15.2. The molecule has 1 amide bonds. The summed E-state index contributed by atoms with van der Waals surface area (Å²) >= 11 is 0. The molecular formula is C19H34N6O. The van der Waals surface area contributed by atoms with E-state index in [2.05, 4.69) is 46.6 Å². The number of amides is 1.